The average molecular weight is 201 g/mol. The van der Waals surface area contributed by atoms with E-state index in [0.717, 1.165) is 12.4 Å². The molecular formula is C8H15N3OS. The number of nitrogens with one attached hydrogen (secondary N) is 1. The number of hydrogen-bond acceptors (Lipinski definition) is 3. The molecule has 0 saturated carbocycles. The lowest BCUT2D eigenvalue weighted by molar-refractivity contribution is 0.185. The quantitative estimate of drug-likeness (QED) is 0.754. The largest absolute Gasteiger partial charge is 0.383 e. The van der Waals surface area contributed by atoms with Crippen LogP contribution in [0.25, 0.3) is 0 Å². The van der Waals surface area contributed by atoms with E-state index in [1.807, 2.05) is 4.57 Å². The van der Waals surface area contributed by atoms with E-state index in [9.17, 15) is 0 Å². The van der Waals surface area contributed by atoms with Gasteiger partial charge in [0.1, 0.15) is 5.82 Å². The second-order valence-corrected chi connectivity index (χ2v) is 3.57. The van der Waals surface area contributed by atoms with Crippen molar-refractivity contribution in [3.8, 4) is 0 Å². The monoisotopic (exact) mass is 201 g/mol. The fraction of sp³-hybridized carbons (Fsp3) is 0.750. The molecule has 13 heavy (non-hydrogen) atoms. The van der Waals surface area contributed by atoms with Crippen molar-refractivity contribution in [2.45, 2.75) is 26.3 Å². The average Bonchev–Trinajstić information content (AvgIpc) is 2.43. The minimum Gasteiger partial charge on any atom is -0.383 e. The number of H-pyrrole nitrogens is 1. The Hall–Kier alpha value is -0.680. The first kappa shape index (κ1) is 10.4. The molecule has 1 rings (SSSR count). The number of hydrogen-bond donors (Lipinski definition) is 1. The van der Waals surface area contributed by atoms with Gasteiger partial charge in [-0.05, 0) is 12.2 Å². The van der Waals surface area contributed by atoms with Gasteiger partial charge in [0.25, 0.3) is 0 Å². The van der Waals surface area contributed by atoms with Crippen LogP contribution in [0.15, 0.2) is 0 Å². The summed E-state index contributed by atoms with van der Waals surface area (Å²) in [6, 6.07) is 0. The van der Waals surface area contributed by atoms with Gasteiger partial charge in [-0.3, -0.25) is 5.10 Å². The smallest absolute Gasteiger partial charge is 0.195 e. The second-order valence-electron chi connectivity index (χ2n) is 3.19. The van der Waals surface area contributed by atoms with E-state index in [0.29, 0.717) is 17.3 Å². The molecule has 1 heterocycles. The minimum atomic E-state index is 0.379. The van der Waals surface area contributed by atoms with Crippen molar-refractivity contribution < 1.29 is 4.74 Å². The van der Waals surface area contributed by atoms with E-state index in [1.54, 1.807) is 7.11 Å². The van der Waals surface area contributed by atoms with E-state index in [-0.39, 0.29) is 0 Å². The highest BCUT2D eigenvalue weighted by Crippen LogP contribution is 2.10. The topological polar surface area (TPSA) is 42.8 Å². The molecule has 1 aromatic heterocycles. The molecule has 0 radical (unpaired) electrons. The van der Waals surface area contributed by atoms with Crippen molar-refractivity contribution in [2.24, 2.45) is 0 Å². The molecular weight excluding hydrogens is 186 g/mol. The number of aromatic nitrogens is 3. The van der Waals surface area contributed by atoms with Gasteiger partial charge in [0.05, 0.1) is 6.61 Å². The molecule has 0 amide bonds. The van der Waals surface area contributed by atoms with Crippen LogP contribution in [-0.2, 0) is 11.3 Å². The fourth-order valence-corrected chi connectivity index (χ4v) is 1.40. The van der Waals surface area contributed by atoms with Gasteiger partial charge in [0.15, 0.2) is 4.77 Å². The molecule has 0 spiro atoms. The van der Waals surface area contributed by atoms with Crippen LogP contribution in [0.2, 0.25) is 0 Å². The molecule has 0 aliphatic rings. The van der Waals surface area contributed by atoms with Crippen LogP contribution in [0.3, 0.4) is 0 Å². The molecule has 0 saturated heterocycles. The molecule has 0 bridgehead atoms. The first-order chi connectivity index (χ1) is 6.16. The normalized spacial score (nSPS) is 11.1. The van der Waals surface area contributed by atoms with Crippen molar-refractivity contribution in [3.63, 3.8) is 0 Å². The summed E-state index contributed by atoms with van der Waals surface area (Å²) in [5.74, 6) is 1.37. The summed E-state index contributed by atoms with van der Waals surface area (Å²) in [4.78, 5) is 0. The molecule has 0 unspecified atom stereocenters. The Morgan fingerprint density at radius 2 is 2.31 bits per heavy atom. The van der Waals surface area contributed by atoms with E-state index in [1.165, 1.54) is 0 Å². The van der Waals surface area contributed by atoms with Crippen molar-refractivity contribution in [1.82, 2.24) is 14.8 Å². The first-order valence-corrected chi connectivity index (χ1v) is 4.71. The van der Waals surface area contributed by atoms with Gasteiger partial charge < -0.3 is 9.30 Å². The maximum Gasteiger partial charge on any atom is 0.195 e. The van der Waals surface area contributed by atoms with Crippen molar-refractivity contribution in [2.75, 3.05) is 13.7 Å². The molecule has 1 N–H and O–H groups in total. The molecule has 0 atom stereocenters. The fourth-order valence-electron chi connectivity index (χ4n) is 1.17. The molecule has 74 valence electrons. The summed E-state index contributed by atoms with van der Waals surface area (Å²) < 4.78 is 7.64. The predicted molar refractivity (Wildman–Crippen MR) is 53.4 cm³/mol. The van der Waals surface area contributed by atoms with E-state index in [4.69, 9.17) is 17.0 Å². The SMILES string of the molecule is COCCn1c(C(C)C)n[nH]c1=S. The number of rotatable bonds is 4. The number of methoxy groups -OCH3 is 1. The zero-order valence-electron chi connectivity index (χ0n) is 8.20. The Labute approximate surface area is 82.9 Å². The third-order valence-electron chi connectivity index (χ3n) is 1.82. The Morgan fingerprint density at radius 1 is 1.62 bits per heavy atom. The molecule has 0 aromatic carbocycles. The lowest BCUT2D eigenvalue weighted by atomic mass is 10.2. The standard InChI is InChI=1S/C8H15N3OS/c1-6(2)7-9-10-8(13)11(7)4-5-12-3/h6H,4-5H2,1-3H3,(H,10,13). The molecule has 0 fully saturated rings. The van der Waals surface area contributed by atoms with E-state index >= 15 is 0 Å². The van der Waals surface area contributed by atoms with Gasteiger partial charge in [-0.1, -0.05) is 13.8 Å². The summed E-state index contributed by atoms with van der Waals surface area (Å²) in [7, 11) is 1.68. The molecule has 1 aromatic rings. The summed E-state index contributed by atoms with van der Waals surface area (Å²) in [5.41, 5.74) is 0. The predicted octanol–water partition coefficient (Wildman–Crippen LogP) is 1.71. The Morgan fingerprint density at radius 3 is 2.85 bits per heavy atom. The van der Waals surface area contributed by atoms with Crippen molar-refractivity contribution >= 4 is 12.2 Å². The summed E-state index contributed by atoms with van der Waals surface area (Å²) in [5, 5.41) is 6.95. The number of aromatic amines is 1. The van der Waals surface area contributed by atoms with Crippen LogP contribution in [0, 0.1) is 4.77 Å². The van der Waals surface area contributed by atoms with Gasteiger partial charge in [-0.2, -0.15) is 5.10 Å². The third-order valence-corrected chi connectivity index (χ3v) is 2.13. The molecule has 4 nitrogen and oxygen atoms in total. The van der Waals surface area contributed by atoms with Gasteiger partial charge in [0, 0.05) is 19.6 Å². The Balaban J connectivity index is 2.88. The van der Waals surface area contributed by atoms with Crippen LogP contribution in [-0.4, -0.2) is 28.5 Å². The van der Waals surface area contributed by atoms with E-state index < -0.39 is 0 Å². The molecule has 5 heteroatoms. The van der Waals surface area contributed by atoms with Crippen LogP contribution in [0.1, 0.15) is 25.6 Å². The summed E-state index contributed by atoms with van der Waals surface area (Å²) >= 11 is 5.09. The highest BCUT2D eigenvalue weighted by Gasteiger charge is 2.08. The van der Waals surface area contributed by atoms with Crippen molar-refractivity contribution in [1.29, 1.82) is 0 Å². The lowest BCUT2D eigenvalue weighted by Gasteiger charge is -2.07. The zero-order chi connectivity index (χ0) is 9.84. The zero-order valence-corrected chi connectivity index (χ0v) is 9.02. The Bertz CT molecular complexity index is 315. The minimum absolute atomic E-state index is 0.379. The first-order valence-electron chi connectivity index (χ1n) is 4.31. The highest BCUT2D eigenvalue weighted by atomic mass is 32.1. The van der Waals surface area contributed by atoms with Gasteiger partial charge in [-0.25, -0.2) is 0 Å². The second kappa shape index (κ2) is 4.53. The summed E-state index contributed by atoms with van der Waals surface area (Å²) in [6.07, 6.45) is 0. The van der Waals surface area contributed by atoms with Gasteiger partial charge in [0.2, 0.25) is 0 Å². The maximum atomic E-state index is 5.09. The number of ether oxygens (including phenoxy) is 1. The summed E-state index contributed by atoms with van der Waals surface area (Å²) in [6.45, 7) is 5.61. The van der Waals surface area contributed by atoms with E-state index in [2.05, 4.69) is 24.0 Å². The molecule has 0 aliphatic heterocycles. The Kier molecular flexibility index (Phi) is 3.62. The number of nitrogens with zero attached hydrogens (tertiary/aromatic N) is 2. The lowest BCUT2D eigenvalue weighted by Crippen LogP contribution is -2.09. The van der Waals surface area contributed by atoms with Crippen LogP contribution in [0.4, 0.5) is 0 Å². The van der Waals surface area contributed by atoms with Crippen LogP contribution in [0.5, 0.6) is 0 Å². The highest BCUT2D eigenvalue weighted by molar-refractivity contribution is 7.71. The molecule has 0 aliphatic carbocycles. The third kappa shape index (κ3) is 2.38. The van der Waals surface area contributed by atoms with Gasteiger partial charge in [-0.15, -0.1) is 0 Å². The van der Waals surface area contributed by atoms with Crippen molar-refractivity contribution in [3.05, 3.63) is 10.6 Å². The van der Waals surface area contributed by atoms with Crippen LogP contribution < -0.4 is 0 Å². The maximum absolute atomic E-state index is 5.09. The van der Waals surface area contributed by atoms with Gasteiger partial charge >= 0.3 is 0 Å². The van der Waals surface area contributed by atoms with Crippen LogP contribution >= 0.6 is 12.2 Å².